The van der Waals surface area contributed by atoms with Crippen LogP contribution in [0.4, 0.5) is 5.82 Å². The average molecular weight is 321 g/mol. The molecule has 1 unspecified atom stereocenters. The molecule has 3 N–H and O–H groups in total. The molecule has 1 aromatic carbocycles. The Kier molecular flexibility index (Phi) is 3.33. The fraction of sp³-hybridized carbons (Fsp3) is 0.357. The molecule has 1 aliphatic rings. The molecule has 0 spiro atoms. The summed E-state index contributed by atoms with van der Waals surface area (Å²) >= 11 is 3.68. The minimum absolute atomic E-state index is 0.283. The van der Waals surface area contributed by atoms with Crippen molar-refractivity contribution < 1.29 is 0 Å². The summed E-state index contributed by atoms with van der Waals surface area (Å²) in [6.07, 6.45) is 1.02. The van der Waals surface area contributed by atoms with E-state index in [-0.39, 0.29) is 6.04 Å². The van der Waals surface area contributed by atoms with Gasteiger partial charge in [0.05, 0.1) is 10.5 Å². The van der Waals surface area contributed by atoms with Crippen molar-refractivity contribution >= 4 is 21.7 Å². The van der Waals surface area contributed by atoms with Gasteiger partial charge in [-0.3, -0.25) is 0 Å². The lowest BCUT2D eigenvalue weighted by molar-refractivity contribution is 0.428. The summed E-state index contributed by atoms with van der Waals surface area (Å²) < 4.78 is 3.05. The van der Waals surface area contributed by atoms with E-state index in [1.54, 1.807) is 0 Å². The molecule has 0 bridgehead atoms. The van der Waals surface area contributed by atoms with Gasteiger partial charge in [0.2, 0.25) is 0 Å². The molecule has 2 heterocycles. The van der Waals surface area contributed by atoms with Gasteiger partial charge in [0.15, 0.2) is 0 Å². The van der Waals surface area contributed by atoms with E-state index in [9.17, 15) is 0 Å². The Morgan fingerprint density at radius 2 is 2.26 bits per heavy atom. The molecular formula is C14H17BrN4. The zero-order valence-corrected chi connectivity index (χ0v) is 12.4. The Morgan fingerprint density at radius 3 is 3.00 bits per heavy atom. The molecule has 0 fully saturated rings. The maximum absolute atomic E-state index is 5.84. The lowest BCUT2D eigenvalue weighted by Gasteiger charge is -2.24. The van der Waals surface area contributed by atoms with Crippen molar-refractivity contribution in [3.8, 4) is 11.3 Å². The van der Waals surface area contributed by atoms with Crippen molar-refractivity contribution in [3.63, 3.8) is 0 Å². The molecule has 3 rings (SSSR count). The van der Waals surface area contributed by atoms with E-state index in [0.29, 0.717) is 6.54 Å². The first-order chi connectivity index (χ1) is 9.22. The lowest BCUT2D eigenvalue weighted by atomic mass is 10.1. The van der Waals surface area contributed by atoms with Crippen molar-refractivity contribution in [1.82, 2.24) is 9.78 Å². The van der Waals surface area contributed by atoms with Crippen molar-refractivity contribution in [2.45, 2.75) is 19.4 Å². The van der Waals surface area contributed by atoms with Crippen LogP contribution in [0.1, 0.15) is 18.0 Å². The Hall–Kier alpha value is -1.33. The van der Waals surface area contributed by atoms with E-state index in [2.05, 4.69) is 40.3 Å². The van der Waals surface area contributed by atoms with Crippen LogP contribution in [0, 0.1) is 6.92 Å². The number of nitrogens with two attached hydrogens (primary N) is 1. The van der Waals surface area contributed by atoms with Gasteiger partial charge < -0.3 is 11.1 Å². The second-order valence-electron chi connectivity index (χ2n) is 4.88. The number of fused-ring (bicyclic) bond motifs is 1. The monoisotopic (exact) mass is 320 g/mol. The van der Waals surface area contributed by atoms with Crippen LogP contribution in [0.15, 0.2) is 28.7 Å². The van der Waals surface area contributed by atoms with Crippen LogP contribution in [0.2, 0.25) is 0 Å². The molecule has 0 amide bonds. The molecule has 1 aliphatic heterocycles. The Morgan fingerprint density at radius 1 is 1.47 bits per heavy atom. The minimum Gasteiger partial charge on any atom is -0.369 e. The Bertz CT molecular complexity index is 605. The molecule has 0 aliphatic carbocycles. The molecule has 5 heteroatoms. The van der Waals surface area contributed by atoms with Crippen LogP contribution >= 0.6 is 15.9 Å². The number of nitrogens with one attached hydrogen (secondary N) is 1. The molecule has 1 atom stereocenters. The van der Waals surface area contributed by atoms with E-state index in [1.807, 2.05) is 16.8 Å². The van der Waals surface area contributed by atoms with Crippen LogP contribution < -0.4 is 11.1 Å². The smallest absolute Gasteiger partial charge is 0.139 e. The van der Waals surface area contributed by atoms with Crippen LogP contribution in [0.3, 0.4) is 0 Å². The summed E-state index contributed by atoms with van der Waals surface area (Å²) in [7, 11) is 0. The maximum atomic E-state index is 5.84. The number of hydrogen-bond acceptors (Lipinski definition) is 3. The van der Waals surface area contributed by atoms with E-state index in [0.717, 1.165) is 34.5 Å². The molecule has 1 aromatic heterocycles. The highest BCUT2D eigenvalue weighted by Crippen LogP contribution is 2.38. The molecule has 2 aromatic rings. The van der Waals surface area contributed by atoms with Crippen molar-refractivity contribution in [2.75, 3.05) is 18.4 Å². The standard InChI is InChI=1S/C14H17BrN4/c1-9-4-2-3-5-11(9)13-12(15)14-17-7-6-10(8-16)19(14)18-13/h2-5,10,17H,6-8,16H2,1H3. The minimum atomic E-state index is 0.283. The third-order valence-electron chi connectivity index (χ3n) is 3.64. The number of rotatable bonds is 2. The molecule has 0 saturated carbocycles. The van der Waals surface area contributed by atoms with Gasteiger partial charge in [-0.25, -0.2) is 4.68 Å². The Balaban J connectivity index is 2.14. The first-order valence-electron chi connectivity index (χ1n) is 6.50. The van der Waals surface area contributed by atoms with Crippen LogP contribution in [-0.2, 0) is 0 Å². The second kappa shape index (κ2) is 4.98. The molecular weight excluding hydrogens is 304 g/mol. The van der Waals surface area contributed by atoms with E-state index in [4.69, 9.17) is 10.8 Å². The highest BCUT2D eigenvalue weighted by Gasteiger charge is 2.25. The van der Waals surface area contributed by atoms with Gasteiger partial charge in [-0.2, -0.15) is 5.10 Å². The number of benzene rings is 1. The summed E-state index contributed by atoms with van der Waals surface area (Å²) in [5.41, 5.74) is 9.21. The average Bonchev–Trinajstić information content (AvgIpc) is 2.77. The summed E-state index contributed by atoms with van der Waals surface area (Å²) in [6, 6.07) is 8.58. The van der Waals surface area contributed by atoms with E-state index >= 15 is 0 Å². The summed E-state index contributed by atoms with van der Waals surface area (Å²) in [5.74, 6) is 1.04. The van der Waals surface area contributed by atoms with Crippen molar-refractivity contribution in [2.24, 2.45) is 5.73 Å². The van der Waals surface area contributed by atoms with Gasteiger partial charge in [-0.15, -0.1) is 0 Å². The molecule has 4 nitrogen and oxygen atoms in total. The number of nitrogens with zero attached hydrogens (tertiary/aromatic N) is 2. The largest absolute Gasteiger partial charge is 0.369 e. The van der Waals surface area contributed by atoms with Gasteiger partial charge in [0.25, 0.3) is 0 Å². The molecule has 0 radical (unpaired) electrons. The zero-order chi connectivity index (χ0) is 13.4. The van der Waals surface area contributed by atoms with Crippen LogP contribution in [0.25, 0.3) is 11.3 Å². The first kappa shape index (κ1) is 12.7. The summed E-state index contributed by atoms with van der Waals surface area (Å²) in [5, 5.41) is 8.16. The number of aromatic nitrogens is 2. The highest BCUT2D eigenvalue weighted by molar-refractivity contribution is 9.10. The lowest BCUT2D eigenvalue weighted by Crippen LogP contribution is -2.28. The molecule has 100 valence electrons. The number of aryl methyl sites for hydroxylation is 1. The Labute approximate surface area is 121 Å². The molecule has 19 heavy (non-hydrogen) atoms. The first-order valence-corrected chi connectivity index (χ1v) is 7.29. The normalized spacial score (nSPS) is 17.9. The van der Waals surface area contributed by atoms with Gasteiger partial charge in [-0.05, 0) is 34.8 Å². The SMILES string of the molecule is Cc1ccccc1-c1nn2c(c1Br)NCCC2CN. The topological polar surface area (TPSA) is 55.9 Å². The summed E-state index contributed by atoms with van der Waals surface area (Å²) in [4.78, 5) is 0. The zero-order valence-electron chi connectivity index (χ0n) is 10.9. The van der Waals surface area contributed by atoms with Gasteiger partial charge in [0, 0.05) is 18.7 Å². The van der Waals surface area contributed by atoms with Gasteiger partial charge in [0.1, 0.15) is 11.5 Å². The second-order valence-corrected chi connectivity index (χ2v) is 5.67. The van der Waals surface area contributed by atoms with Crippen LogP contribution in [0.5, 0.6) is 0 Å². The van der Waals surface area contributed by atoms with Gasteiger partial charge in [-0.1, -0.05) is 24.3 Å². The maximum Gasteiger partial charge on any atom is 0.139 e. The molecule has 0 saturated heterocycles. The van der Waals surface area contributed by atoms with Crippen molar-refractivity contribution in [1.29, 1.82) is 0 Å². The van der Waals surface area contributed by atoms with E-state index < -0.39 is 0 Å². The van der Waals surface area contributed by atoms with Crippen LogP contribution in [-0.4, -0.2) is 22.9 Å². The predicted molar refractivity (Wildman–Crippen MR) is 81.3 cm³/mol. The fourth-order valence-electron chi connectivity index (χ4n) is 2.55. The number of halogens is 1. The van der Waals surface area contributed by atoms with E-state index in [1.165, 1.54) is 5.56 Å². The summed E-state index contributed by atoms with van der Waals surface area (Å²) in [6.45, 7) is 3.67. The highest BCUT2D eigenvalue weighted by atomic mass is 79.9. The fourth-order valence-corrected chi connectivity index (χ4v) is 3.16. The third-order valence-corrected chi connectivity index (χ3v) is 4.39. The predicted octanol–water partition coefficient (Wildman–Crippen LogP) is 2.94. The number of anilines is 1. The third kappa shape index (κ3) is 2.07. The van der Waals surface area contributed by atoms with Gasteiger partial charge >= 0.3 is 0 Å². The number of hydrogen-bond donors (Lipinski definition) is 2. The quantitative estimate of drug-likeness (QED) is 0.894. The van der Waals surface area contributed by atoms with Crippen molar-refractivity contribution in [3.05, 3.63) is 34.3 Å².